The van der Waals surface area contributed by atoms with Gasteiger partial charge in [-0.15, -0.1) is 0 Å². The quantitative estimate of drug-likeness (QED) is 0.672. The summed E-state index contributed by atoms with van der Waals surface area (Å²) in [6.07, 6.45) is 7.13. The molecule has 1 aliphatic carbocycles. The Bertz CT molecular complexity index is 938. The molecule has 2 aliphatic rings. The van der Waals surface area contributed by atoms with Gasteiger partial charge in [0.05, 0.1) is 12.2 Å². The van der Waals surface area contributed by atoms with E-state index in [0.717, 1.165) is 12.0 Å². The minimum Gasteiger partial charge on any atom is -0.479 e. The van der Waals surface area contributed by atoms with Crippen molar-refractivity contribution >= 4 is 23.2 Å². The second kappa shape index (κ2) is 9.50. The van der Waals surface area contributed by atoms with E-state index in [1.165, 1.54) is 44.2 Å². The molecule has 1 aliphatic heterocycles. The fourth-order valence-electron chi connectivity index (χ4n) is 4.45. The number of carbonyl (C=O) groups excluding carboxylic acids is 2. The number of rotatable bonds is 6. The third kappa shape index (κ3) is 5.24. The van der Waals surface area contributed by atoms with E-state index in [-0.39, 0.29) is 17.6 Å². The maximum absolute atomic E-state index is 13.3. The van der Waals surface area contributed by atoms with Crippen LogP contribution in [0.5, 0.6) is 5.75 Å². The number of nitrogens with one attached hydrogen (secondary N) is 1. The van der Waals surface area contributed by atoms with Gasteiger partial charge in [0.2, 0.25) is 5.91 Å². The minimum atomic E-state index is -0.608. The standard InChI is InChI=1S/C25H29FN2O3/c1-17-25(30)28(16-19-7-10-20(26)11-8-19)22-15-21(12-13-23(22)31-17)27-24(29)14-9-18-5-3-2-4-6-18/h7-8,10-13,15,17-18H,2-6,9,14,16H2,1H3,(H,27,29). The maximum Gasteiger partial charge on any atom is 0.268 e. The Morgan fingerprint density at radius 1 is 1.13 bits per heavy atom. The van der Waals surface area contributed by atoms with E-state index in [1.807, 2.05) is 0 Å². The average Bonchev–Trinajstić information content (AvgIpc) is 2.78. The van der Waals surface area contributed by atoms with Crippen molar-refractivity contribution in [2.24, 2.45) is 5.92 Å². The Labute approximate surface area is 182 Å². The number of carbonyl (C=O) groups is 2. The molecule has 2 aromatic carbocycles. The van der Waals surface area contributed by atoms with Gasteiger partial charge in [0.1, 0.15) is 11.6 Å². The first-order valence-corrected chi connectivity index (χ1v) is 11.2. The summed E-state index contributed by atoms with van der Waals surface area (Å²) in [5.41, 5.74) is 2.07. The van der Waals surface area contributed by atoms with E-state index < -0.39 is 6.10 Å². The molecule has 0 bridgehead atoms. The van der Waals surface area contributed by atoms with Crippen molar-refractivity contribution in [2.45, 2.75) is 64.5 Å². The lowest BCUT2D eigenvalue weighted by Gasteiger charge is -2.33. The van der Waals surface area contributed by atoms with Crippen LogP contribution in [0.3, 0.4) is 0 Å². The summed E-state index contributed by atoms with van der Waals surface area (Å²) in [5.74, 6) is 0.754. The predicted molar refractivity (Wildman–Crippen MR) is 119 cm³/mol. The van der Waals surface area contributed by atoms with Crippen molar-refractivity contribution in [1.82, 2.24) is 0 Å². The van der Waals surface area contributed by atoms with Crippen LogP contribution in [0.25, 0.3) is 0 Å². The Morgan fingerprint density at radius 2 is 1.87 bits per heavy atom. The van der Waals surface area contributed by atoms with Gasteiger partial charge >= 0.3 is 0 Å². The zero-order chi connectivity index (χ0) is 21.8. The van der Waals surface area contributed by atoms with Gasteiger partial charge in [-0.05, 0) is 55.2 Å². The lowest BCUT2D eigenvalue weighted by Crippen LogP contribution is -2.44. The van der Waals surface area contributed by atoms with Gasteiger partial charge < -0.3 is 15.0 Å². The van der Waals surface area contributed by atoms with Crippen molar-refractivity contribution in [3.63, 3.8) is 0 Å². The van der Waals surface area contributed by atoms with E-state index in [9.17, 15) is 14.0 Å². The van der Waals surface area contributed by atoms with Crippen LogP contribution < -0.4 is 15.0 Å². The number of nitrogens with zero attached hydrogens (tertiary/aromatic N) is 1. The zero-order valence-corrected chi connectivity index (χ0v) is 17.9. The zero-order valence-electron chi connectivity index (χ0n) is 17.9. The molecule has 1 unspecified atom stereocenters. The molecule has 0 radical (unpaired) electrons. The molecular weight excluding hydrogens is 395 g/mol. The Morgan fingerprint density at radius 3 is 2.61 bits per heavy atom. The molecule has 0 saturated heterocycles. The summed E-state index contributed by atoms with van der Waals surface area (Å²) in [7, 11) is 0. The second-order valence-electron chi connectivity index (χ2n) is 8.58. The van der Waals surface area contributed by atoms with Crippen LogP contribution in [0.2, 0.25) is 0 Å². The van der Waals surface area contributed by atoms with Gasteiger partial charge in [-0.1, -0.05) is 44.2 Å². The number of benzene rings is 2. The third-order valence-corrected chi connectivity index (χ3v) is 6.21. The summed E-state index contributed by atoms with van der Waals surface area (Å²) in [6.45, 7) is 2.02. The van der Waals surface area contributed by atoms with Crippen molar-refractivity contribution < 1.29 is 18.7 Å². The van der Waals surface area contributed by atoms with Crippen LogP contribution in [0.1, 0.15) is 57.4 Å². The van der Waals surface area contributed by atoms with Gasteiger partial charge in [-0.2, -0.15) is 0 Å². The topological polar surface area (TPSA) is 58.6 Å². The molecule has 1 saturated carbocycles. The number of hydrogen-bond acceptors (Lipinski definition) is 3. The number of fused-ring (bicyclic) bond motifs is 1. The van der Waals surface area contributed by atoms with E-state index >= 15 is 0 Å². The van der Waals surface area contributed by atoms with Crippen molar-refractivity contribution in [3.05, 3.63) is 53.8 Å². The number of amides is 2. The van der Waals surface area contributed by atoms with E-state index in [2.05, 4.69) is 5.32 Å². The SMILES string of the molecule is CC1Oc2ccc(NC(=O)CCC3CCCCC3)cc2N(Cc2ccc(F)cc2)C1=O. The molecule has 1 N–H and O–H groups in total. The molecular formula is C25H29FN2O3. The lowest BCUT2D eigenvalue weighted by atomic mass is 9.86. The van der Waals surface area contributed by atoms with Crippen molar-refractivity contribution in [1.29, 1.82) is 0 Å². The van der Waals surface area contributed by atoms with Crippen LogP contribution in [0.15, 0.2) is 42.5 Å². The van der Waals surface area contributed by atoms with Crippen molar-refractivity contribution in [2.75, 3.05) is 10.2 Å². The van der Waals surface area contributed by atoms with Gasteiger partial charge in [-0.25, -0.2) is 4.39 Å². The summed E-state index contributed by atoms with van der Waals surface area (Å²) >= 11 is 0. The molecule has 0 spiro atoms. The monoisotopic (exact) mass is 424 g/mol. The Hall–Kier alpha value is -2.89. The highest BCUT2D eigenvalue weighted by Crippen LogP contribution is 2.37. The van der Waals surface area contributed by atoms with Crippen LogP contribution in [0, 0.1) is 11.7 Å². The molecule has 2 amide bonds. The maximum atomic E-state index is 13.3. The highest BCUT2D eigenvalue weighted by molar-refractivity contribution is 6.01. The van der Waals surface area contributed by atoms with Gasteiger partial charge in [0.25, 0.3) is 5.91 Å². The molecule has 6 heteroatoms. The third-order valence-electron chi connectivity index (χ3n) is 6.21. The molecule has 164 valence electrons. The summed E-state index contributed by atoms with van der Waals surface area (Å²) in [5, 5.41) is 2.97. The Balaban J connectivity index is 1.47. The first kappa shape index (κ1) is 21.3. The normalized spacial score (nSPS) is 19.0. The number of hydrogen-bond donors (Lipinski definition) is 1. The number of anilines is 2. The summed E-state index contributed by atoms with van der Waals surface area (Å²) in [6, 6.07) is 11.5. The molecule has 1 fully saturated rings. The van der Waals surface area contributed by atoms with Crippen LogP contribution >= 0.6 is 0 Å². The van der Waals surface area contributed by atoms with Gasteiger partial charge in [0, 0.05) is 12.1 Å². The fourth-order valence-corrected chi connectivity index (χ4v) is 4.45. The molecule has 31 heavy (non-hydrogen) atoms. The van der Waals surface area contributed by atoms with E-state index in [0.29, 0.717) is 36.0 Å². The first-order chi connectivity index (χ1) is 15.0. The smallest absolute Gasteiger partial charge is 0.268 e. The molecule has 5 nitrogen and oxygen atoms in total. The molecule has 1 heterocycles. The molecule has 0 aromatic heterocycles. The average molecular weight is 425 g/mol. The number of halogens is 1. The minimum absolute atomic E-state index is 0.00738. The van der Waals surface area contributed by atoms with Gasteiger partial charge in [-0.3, -0.25) is 9.59 Å². The Kier molecular flexibility index (Phi) is 6.54. The highest BCUT2D eigenvalue weighted by Gasteiger charge is 2.32. The molecule has 1 atom stereocenters. The molecule has 4 rings (SSSR count). The fraction of sp³-hybridized carbons (Fsp3) is 0.440. The predicted octanol–water partition coefficient (Wildman–Crippen LogP) is 5.44. The van der Waals surface area contributed by atoms with E-state index in [1.54, 1.807) is 42.2 Å². The lowest BCUT2D eigenvalue weighted by molar-refractivity contribution is -0.125. The first-order valence-electron chi connectivity index (χ1n) is 11.2. The van der Waals surface area contributed by atoms with Crippen LogP contribution in [0.4, 0.5) is 15.8 Å². The van der Waals surface area contributed by atoms with Crippen molar-refractivity contribution in [3.8, 4) is 5.75 Å². The number of ether oxygens (including phenoxy) is 1. The highest BCUT2D eigenvalue weighted by atomic mass is 19.1. The molecule has 2 aromatic rings. The van der Waals surface area contributed by atoms with Crippen LogP contribution in [-0.2, 0) is 16.1 Å². The summed E-state index contributed by atoms with van der Waals surface area (Å²) < 4.78 is 19.0. The largest absolute Gasteiger partial charge is 0.479 e. The summed E-state index contributed by atoms with van der Waals surface area (Å²) in [4.78, 5) is 26.9. The van der Waals surface area contributed by atoms with Gasteiger partial charge in [0.15, 0.2) is 6.10 Å². The van der Waals surface area contributed by atoms with Crippen LogP contribution in [-0.4, -0.2) is 17.9 Å². The van der Waals surface area contributed by atoms with E-state index in [4.69, 9.17) is 4.74 Å². The second-order valence-corrected chi connectivity index (χ2v) is 8.58.